The summed E-state index contributed by atoms with van der Waals surface area (Å²) in [6.45, 7) is 22.4. The summed E-state index contributed by atoms with van der Waals surface area (Å²) in [7, 11) is 0. The average molecular weight is 495 g/mol. The van der Waals surface area contributed by atoms with Gasteiger partial charge < -0.3 is 20.4 Å². The van der Waals surface area contributed by atoms with E-state index in [1.165, 1.54) is 11.1 Å². The van der Waals surface area contributed by atoms with Gasteiger partial charge in [0.15, 0.2) is 0 Å². The molecule has 1 aliphatic heterocycles. The summed E-state index contributed by atoms with van der Waals surface area (Å²) >= 11 is 0. The van der Waals surface area contributed by atoms with Gasteiger partial charge in [-0.25, -0.2) is 4.98 Å². The quantitative estimate of drug-likeness (QED) is 0.491. The first-order chi connectivity index (χ1) is 17.4. The molecule has 5 heteroatoms. The van der Waals surface area contributed by atoms with Crippen LogP contribution in [0.2, 0.25) is 0 Å². The Hall–Kier alpha value is -3.73. The molecule has 0 bridgehead atoms. The van der Waals surface area contributed by atoms with Crippen molar-refractivity contribution in [2.24, 2.45) is 17.1 Å². The van der Waals surface area contributed by atoms with E-state index >= 15 is 0 Å². The third-order valence-electron chi connectivity index (χ3n) is 7.75. The number of nitrogens with zero attached hydrogens (tertiary/aromatic N) is 2. The lowest BCUT2D eigenvalue weighted by Gasteiger charge is -2.36. The van der Waals surface area contributed by atoms with E-state index in [9.17, 15) is 0 Å². The van der Waals surface area contributed by atoms with Gasteiger partial charge in [0.25, 0.3) is 0 Å². The van der Waals surface area contributed by atoms with Crippen molar-refractivity contribution in [3.63, 3.8) is 0 Å². The highest BCUT2D eigenvalue weighted by atomic mass is 16.3. The second-order valence-electron chi connectivity index (χ2n) is 11.4. The average Bonchev–Trinajstić information content (AvgIpc) is 3.41. The number of furan rings is 1. The van der Waals surface area contributed by atoms with Crippen molar-refractivity contribution in [2.45, 2.75) is 54.0 Å². The fourth-order valence-electron chi connectivity index (χ4n) is 5.73. The van der Waals surface area contributed by atoms with E-state index in [1.54, 1.807) is 0 Å². The molecule has 5 rings (SSSR count). The topological polar surface area (TPSA) is 67.3 Å². The molecule has 2 aromatic heterocycles. The molecule has 3 N–H and O–H groups in total. The van der Waals surface area contributed by atoms with Crippen LogP contribution >= 0.6 is 0 Å². The molecule has 1 fully saturated rings. The molecular weight excluding hydrogens is 456 g/mol. The van der Waals surface area contributed by atoms with E-state index in [-0.39, 0.29) is 17.4 Å². The van der Waals surface area contributed by atoms with Gasteiger partial charge in [-0.2, -0.15) is 0 Å². The van der Waals surface area contributed by atoms with Crippen LogP contribution in [0.1, 0.15) is 43.5 Å². The second kappa shape index (κ2) is 8.98. The number of nitrogens with two attached hydrogens (primary N) is 1. The maximum absolute atomic E-state index is 6.62. The minimum atomic E-state index is -0.116. The van der Waals surface area contributed by atoms with Crippen molar-refractivity contribution in [1.29, 1.82) is 0 Å². The Labute approximate surface area is 220 Å². The Morgan fingerprint density at radius 3 is 2.59 bits per heavy atom. The first kappa shape index (κ1) is 24.9. The number of anilines is 1. The van der Waals surface area contributed by atoms with Gasteiger partial charge in [0.1, 0.15) is 17.3 Å². The van der Waals surface area contributed by atoms with Gasteiger partial charge in [-0.05, 0) is 68.0 Å². The molecule has 2 aliphatic carbocycles. The summed E-state index contributed by atoms with van der Waals surface area (Å²) in [5, 5.41) is 3.71. The smallest absolute Gasteiger partial charge is 0.136 e. The first-order valence-electron chi connectivity index (χ1n) is 13.0. The predicted octanol–water partition coefficient (Wildman–Crippen LogP) is 6.33. The maximum atomic E-state index is 6.62. The maximum Gasteiger partial charge on any atom is 0.136 e. The Morgan fingerprint density at radius 1 is 1.16 bits per heavy atom. The van der Waals surface area contributed by atoms with E-state index in [1.807, 2.05) is 26.0 Å². The third-order valence-corrected chi connectivity index (χ3v) is 7.75. The van der Waals surface area contributed by atoms with Gasteiger partial charge in [0, 0.05) is 41.4 Å². The monoisotopic (exact) mass is 494 g/mol. The van der Waals surface area contributed by atoms with E-state index in [0.717, 1.165) is 69.8 Å². The summed E-state index contributed by atoms with van der Waals surface area (Å²) in [5.41, 5.74) is 16.1. The van der Waals surface area contributed by atoms with Crippen LogP contribution in [0.5, 0.6) is 0 Å². The Kier molecular flexibility index (Phi) is 6.06. The molecule has 0 amide bonds. The van der Waals surface area contributed by atoms with Gasteiger partial charge in [-0.1, -0.05) is 51.3 Å². The van der Waals surface area contributed by atoms with Gasteiger partial charge in [0.2, 0.25) is 0 Å². The van der Waals surface area contributed by atoms with Crippen LogP contribution in [0.15, 0.2) is 99.5 Å². The number of rotatable bonds is 6. The highest BCUT2D eigenvalue weighted by molar-refractivity contribution is 5.68. The normalized spacial score (nSPS) is 22.8. The summed E-state index contributed by atoms with van der Waals surface area (Å²) in [5.74, 6) is 3.05. The fourth-order valence-corrected chi connectivity index (χ4v) is 5.73. The zero-order chi connectivity index (χ0) is 26.6. The molecule has 0 saturated carbocycles. The SMILES string of the molecule is C=C1C(NC2C=CC(C)=C3CN(c4nc(C)ccc4C)C(=C)C32)=C(N)/C1=C\C(C)(C)Cc1ccc(C)o1. The predicted molar refractivity (Wildman–Crippen MR) is 152 cm³/mol. The van der Waals surface area contributed by atoms with Crippen LogP contribution in [0.4, 0.5) is 5.82 Å². The number of fused-ring (bicyclic) bond motifs is 1. The third kappa shape index (κ3) is 4.48. The zero-order valence-electron chi connectivity index (χ0n) is 22.9. The lowest BCUT2D eigenvalue weighted by Crippen LogP contribution is -2.41. The van der Waals surface area contributed by atoms with E-state index in [2.05, 4.69) is 81.4 Å². The Bertz CT molecular complexity index is 1430. The summed E-state index contributed by atoms with van der Waals surface area (Å²) in [4.78, 5) is 7.11. The van der Waals surface area contributed by atoms with Gasteiger partial charge >= 0.3 is 0 Å². The number of aromatic nitrogens is 1. The van der Waals surface area contributed by atoms with Crippen LogP contribution < -0.4 is 16.0 Å². The summed E-state index contributed by atoms with van der Waals surface area (Å²) in [6, 6.07) is 8.29. The molecule has 37 heavy (non-hydrogen) atoms. The molecule has 0 spiro atoms. The van der Waals surface area contributed by atoms with E-state index in [0.29, 0.717) is 0 Å². The molecular formula is C32H38N4O. The van der Waals surface area contributed by atoms with Crippen LogP contribution in [0.25, 0.3) is 0 Å². The van der Waals surface area contributed by atoms with Crippen LogP contribution in [0.3, 0.4) is 0 Å². The lowest BCUT2D eigenvalue weighted by atomic mass is 9.78. The molecule has 192 valence electrons. The zero-order valence-corrected chi connectivity index (χ0v) is 22.9. The fraction of sp³-hybridized carbons (Fsp3) is 0.344. The molecule has 2 aromatic rings. The molecule has 5 nitrogen and oxygen atoms in total. The van der Waals surface area contributed by atoms with Gasteiger partial charge in [0.05, 0.1) is 17.4 Å². The molecule has 2 atom stereocenters. The molecule has 0 radical (unpaired) electrons. The molecule has 3 aliphatic rings. The van der Waals surface area contributed by atoms with Crippen molar-refractivity contribution in [3.05, 3.63) is 118 Å². The summed E-state index contributed by atoms with van der Waals surface area (Å²) < 4.78 is 5.81. The van der Waals surface area contributed by atoms with Crippen molar-refractivity contribution in [2.75, 3.05) is 11.4 Å². The molecule has 0 aromatic carbocycles. The largest absolute Gasteiger partial charge is 0.466 e. The standard InChI is InChI=1S/C32H38N4O/c1-18-10-14-27(28-23(6)36(17-26(18)28)31-19(2)9-11-20(3)34-31)35-30-22(5)25(29(30)33)16-32(7,8)15-24-13-12-21(4)37-24/h9-14,16,27-28,35H,5-6,15,17,33H2,1-4,7-8H3/b25-16-. The lowest BCUT2D eigenvalue weighted by molar-refractivity contribution is 0.395. The van der Waals surface area contributed by atoms with Crippen LogP contribution in [-0.2, 0) is 6.42 Å². The molecule has 1 saturated heterocycles. The number of pyridine rings is 1. The van der Waals surface area contributed by atoms with Crippen LogP contribution in [0, 0.1) is 32.1 Å². The molecule has 3 heterocycles. The van der Waals surface area contributed by atoms with E-state index < -0.39 is 0 Å². The number of allylic oxidation sites excluding steroid dienone is 5. The van der Waals surface area contributed by atoms with Gasteiger partial charge in [-0.15, -0.1) is 0 Å². The van der Waals surface area contributed by atoms with Crippen LogP contribution in [-0.4, -0.2) is 17.6 Å². The van der Waals surface area contributed by atoms with Crippen molar-refractivity contribution >= 4 is 5.82 Å². The van der Waals surface area contributed by atoms with Crippen molar-refractivity contribution in [3.8, 4) is 0 Å². The highest BCUT2D eigenvalue weighted by Gasteiger charge is 2.41. The number of aryl methyl sites for hydroxylation is 3. The van der Waals surface area contributed by atoms with Crippen molar-refractivity contribution in [1.82, 2.24) is 10.3 Å². The summed E-state index contributed by atoms with van der Waals surface area (Å²) in [6.07, 6.45) is 7.46. The highest BCUT2D eigenvalue weighted by Crippen LogP contribution is 2.44. The second-order valence-corrected chi connectivity index (χ2v) is 11.4. The molecule has 2 unspecified atom stereocenters. The van der Waals surface area contributed by atoms with Gasteiger partial charge in [-0.3, -0.25) is 0 Å². The number of hydrogen-bond acceptors (Lipinski definition) is 5. The Morgan fingerprint density at radius 2 is 1.92 bits per heavy atom. The Balaban J connectivity index is 1.37. The minimum Gasteiger partial charge on any atom is -0.466 e. The first-order valence-corrected chi connectivity index (χ1v) is 13.0. The van der Waals surface area contributed by atoms with Crippen molar-refractivity contribution < 1.29 is 4.42 Å². The van der Waals surface area contributed by atoms with E-state index in [4.69, 9.17) is 15.1 Å². The minimum absolute atomic E-state index is 0.0484. The number of nitrogens with one attached hydrogen (secondary N) is 1. The number of hydrogen-bond donors (Lipinski definition) is 2.